The van der Waals surface area contributed by atoms with Crippen LogP contribution >= 0.6 is 0 Å². The lowest BCUT2D eigenvalue weighted by molar-refractivity contribution is -0.123. The number of likely N-dealkylation sites (tertiary alicyclic amines) is 1. The summed E-state index contributed by atoms with van der Waals surface area (Å²) in [6.45, 7) is 0.692. The van der Waals surface area contributed by atoms with Crippen molar-refractivity contribution in [2.45, 2.75) is 0 Å². The van der Waals surface area contributed by atoms with Gasteiger partial charge in [-0.2, -0.15) is 0 Å². The Hall–Kier alpha value is -3.81. The second-order valence-electron chi connectivity index (χ2n) is 6.95. The third kappa shape index (κ3) is 3.08. The number of ether oxygens (including phenoxy) is 2. The molecule has 5 rings (SSSR count). The van der Waals surface area contributed by atoms with Gasteiger partial charge in [-0.1, -0.05) is 18.2 Å². The molecule has 2 aromatic carbocycles. The molecule has 3 heterocycles. The van der Waals surface area contributed by atoms with Crippen LogP contribution in [0.15, 0.2) is 57.7 Å². The van der Waals surface area contributed by atoms with Gasteiger partial charge in [0, 0.05) is 24.0 Å². The van der Waals surface area contributed by atoms with Gasteiger partial charge in [-0.15, -0.1) is 0 Å². The van der Waals surface area contributed by atoms with Crippen molar-refractivity contribution in [3.05, 3.63) is 64.5 Å². The summed E-state index contributed by atoms with van der Waals surface area (Å²) in [6.07, 6.45) is 0. The third-order valence-corrected chi connectivity index (χ3v) is 5.06. The molecule has 2 amide bonds. The second-order valence-corrected chi connectivity index (χ2v) is 6.95. The lowest BCUT2D eigenvalue weighted by Gasteiger charge is -2.38. The molecule has 1 aromatic heterocycles. The fourth-order valence-electron chi connectivity index (χ4n) is 3.41. The highest BCUT2D eigenvalue weighted by atomic mass is 16.7. The van der Waals surface area contributed by atoms with Gasteiger partial charge in [0.25, 0.3) is 5.91 Å². The third-order valence-electron chi connectivity index (χ3n) is 5.06. The highest BCUT2D eigenvalue weighted by Crippen LogP contribution is 2.33. The molecule has 0 aliphatic carbocycles. The van der Waals surface area contributed by atoms with Crippen molar-refractivity contribution in [2.75, 3.05) is 25.2 Å². The van der Waals surface area contributed by atoms with E-state index in [1.807, 2.05) is 6.07 Å². The first-order chi connectivity index (χ1) is 14.1. The fraction of sp³-hybridized carbons (Fsp3) is 0.190. The molecule has 0 radical (unpaired) electrons. The molecule has 2 aliphatic heterocycles. The zero-order valence-electron chi connectivity index (χ0n) is 15.2. The number of hydrogen-bond donors (Lipinski definition) is 1. The zero-order chi connectivity index (χ0) is 20.0. The minimum atomic E-state index is -0.607. The molecule has 146 valence electrons. The molecule has 3 aromatic rings. The molecule has 8 nitrogen and oxygen atoms in total. The number of carbonyl (C=O) groups excluding carboxylic acids is 2. The van der Waals surface area contributed by atoms with Crippen LogP contribution in [-0.2, 0) is 4.79 Å². The Bertz CT molecular complexity index is 1200. The largest absolute Gasteiger partial charge is 0.454 e. The lowest BCUT2D eigenvalue weighted by Crippen LogP contribution is -2.54. The first-order valence-electron chi connectivity index (χ1n) is 9.11. The van der Waals surface area contributed by atoms with Crippen molar-refractivity contribution < 1.29 is 23.5 Å². The van der Waals surface area contributed by atoms with Gasteiger partial charge in [0.1, 0.15) is 11.3 Å². The van der Waals surface area contributed by atoms with E-state index >= 15 is 0 Å². The zero-order valence-corrected chi connectivity index (χ0v) is 15.2. The molecule has 0 atom stereocenters. The first kappa shape index (κ1) is 17.3. The number of rotatable bonds is 3. The Morgan fingerprint density at radius 3 is 2.66 bits per heavy atom. The number of hydrogen-bond acceptors (Lipinski definition) is 6. The molecular formula is C21H16N2O6. The Labute approximate surface area is 164 Å². The van der Waals surface area contributed by atoms with Crippen LogP contribution in [0.4, 0.5) is 5.69 Å². The smallest absolute Gasteiger partial charge is 0.360 e. The van der Waals surface area contributed by atoms with Crippen molar-refractivity contribution in [1.82, 2.24) is 4.90 Å². The first-order valence-corrected chi connectivity index (χ1v) is 9.11. The average Bonchev–Trinajstić information content (AvgIpc) is 3.15. The summed E-state index contributed by atoms with van der Waals surface area (Å²) in [4.78, 5) is 38.7. The number of fused-ring (bicyclic) bond motifs is 2. The molecule has 8 heteroatoms. The summed E-state index contributed by atoms with van der Waals surface area (Å²) in [5, 5.41) is 3.34. The predicted molar refractivity (Wildman–Crippen MR) is 103 cm³/mol. The van der Waals surface area contributed by atoms with Crippen LogP contribution < -0.4 is 20.4 Å². The van der Waals surface area contributed by atoms with Crippen molar-refractivity contribution in [3.8, 4) is 11.5 Å². The minimum absolute atomic E-state index is 0.0919. The topological polar surface area (TPSA) is 98.1 Å². The summed E-state index contributed by atoms with van der Waals surface area (Å²) in [5.74, 6) is 0.254. The maximum absolute atomic E-state index is 12.6. The number of carbonyl (C=O) groups is 2. The van der Waals surface area contributed by atoms with Crippen LogP contribution in [0.5, 0.6) is 11.5 Å². The van der Waals surface area contributed by atoms with Crippen LogP contribution in [0.2, 0.25) is 0 Å². The highest BCUT2D eigenvalue weighted by Gasteiger charge is 2.36. The normalized spacial score (nSPS) is 15.2. The number of para-hydroxylation sites is 1. The summed E-state index contributed by atoms with van der Waals surface area (Å²) in [6, 6.07) is 13.7. The van der Waals surface area contributed by atoms with Gasteiger partial charge in [-0.3, -0.25) is 9.59 Å². The van der Waals surface area contributed by atoms with Crippen LogP contribution in [-0.4, -0.2) is 36.6 Å². The second kappa shape index (κ2) is 6.66. The summed E-state index contributed by atoms with van der Waals surface area (Å²) < 4.78 is 15.8. The Morgan fingerprint density at radius 2 is 1.79 bits per heavy atom. The van der Waals surface area contributed by atoms with Gasteiger partial charge in [-0.25, -0.2) is 4.79 Å². The molecule has 0 saturated carbocycles. The number of nitrogens with one attached hydrogen (secondary N) is 1. The molecule has 29 heavy (non-hydrogen) atoms. The monoisotopic (exact) mass is 392 g/mol. The number of anilines is 1. The summed E-state index contributed by atoms with van der Waals surface area (Å²) in [7, 11) is 0. The molecular weight excluding hydrogens is 376 g/mol. The average molecular weight is 392 g/mol. The number of benzene rings is 2. The molecule has 2 aliphatic rings. The van der Waals surface area contributed by atoms with Crippen molar-refractivity contribution in [3.63, 3.8) is 0 Å². The molecule has 0 spiro atoms. The number of amides is 2. The lowest BCUT2D eigenvalue weighted by atomic mass is 9.97. The van der Waals surface area contributed by atoms with E-state index in [1.165, 1.54) is 0 Å². The van der Waals surface area contributed by atoms with Gasteiger partial charge in [0.2, 0.25) is 12.7 Å². The van der Waals surface area contributed by atoms with E-state index in [4.69, 9.17) is 13.9 Å². The van der Waals surface area contributed by atoms with E-state index in [0.717, 1.165) is 5.39 Å². The van der Waals surface area contributed by atoms with E-state index in [-0.39, 0.29) is 43.3 Å². The fourth-order valence-corrected chi connectivity index (χ4v) is 3.41. The van der Waals surface area contributed by atoms with Crippen molar-refractivity contribution >= 4 is 28.5 Å². The van der Waals surface area contributed by atoms with Crippen molar-refractivity contribution in [1.29, 1.82) is 0 Å². The SMILES string of the molecule is O=C(Nc1cc2ccccc2oc1=O)C1CN(C(=O)c2ccc3c(c2)OCO3)C1. The predicted octanol–water partition coefficient (Wildman–Crippen LogP) is 2.23. The molecule has 0 bridgehead atoms. The summed E-state index contributed by atoms with van der Waals surface area (Å²) in [5.41, 5.74) is 0.418. The van der Waals surface area contributed by atoms with Crippen LogP contribution in [0.3, 0.4) is 0 Å². The van der Waals surface area contributed by atoms with E-state index in [0.29, 0.717) is 22.6 Å². The highest BCUT2D eigenvalue weighted by molar-refractivity contribution is 5.99. The van der Waals surface area contributed by atoms with Gasteiger partial charge < -0.3 is 24.1 Å². The Morgan fingerprint density at radius 1 is 1.00 bits per heavy atom. The maximum Gasteiger partial charge on any atom is 0.360 e. The molecule has 1 saturated heterocycles. The van der Waals surface area contributed by atoms with E-state index in [9.17, 15) is 14.4 Å². The minimum Gasteiger partial charge on any atom is -0.454 e. The maximum atomic E-state index is 12.6. The van der Waals surface area contributed by atoms with Crippen molar-refractivity contribution in [2.24, 2.45) is 5.92 Å². The van der Waals surface area contributed by atoms with E-state index < -0.39 is 5.63 Å². The quantitative estimate of drug-likeness (QED) is 0.687. The summed E-state index contributed by atoms with van der Waals surface area (Å²) >= 11 is 0. The van der Waals surface area contributed by atoms with Gasteiger partial charge in [0.15, 0.2) is 11.5 Å². The van der Waals surface area contributed by atoms with Gasteiger partial charge >= 0.3 is 5.63 Å². The standard InChI is InChI=1S/C21H16N2O6/c24-19(22-15-7-12-3-1-2-4-16(12)29-21(15)26)14-9-23(10-14)20(25)13-5-6-17-18(8-13)28-11-27-17/h1-8,14H,9-11H2,(H,22,24). The van der Waals surface area contributed by atoms with Crippen LogP contribution in [0.25, 0.3) is 11.0 Å². The Balaban J connectivity index is 1.24. The van der Waals surface area contributed by atoms with Gasteiger partial charge in [0.05, 0.1) is 5.92 Å². The van der Waals surface area contributed by atoms with Gasteiger partial charge in [-0.05, 0) is 30.3 Å². The molecule has 1 N–H and O–H groups in total. The van der Waals surface area contributed by atoms with Crippen LogP contribution in [0, 0.1) is 5.92 Å². The van der Waals surface area contributed by atoms with E-state index in [2.05, 4.69) is 5.32 Å². The molecule has 1 fully saturated rings. The van der Waals surface area contributed by atoms with E-state index in [1.54, 1.807) is 47.4 Å². The Kier molecular flexibility index (Phi) is 3.97. The number of nitrogens with zero attached hydrogens (tertiary/aromatic N) is 1. The van der Waals surface area contributed by atoms with Crippen LogP contribution in [0.1, 0.15) is 10.4 Å². The molecule has 0 unspecified atom stereocenters.